The summed E-state index contributed by atoms with van der Waals surface area (Å²) < 4.78 is 2.15. The van der Waals surface area contributed by atoms with Crippen molar-refractivity contribution >= 4 is 23.2 Å². The molecule has 0 N–H and O–H groups in total. The highest BCUT2D eigenvalue weighted by molar-refractivity contribution is 6.35. The van der Waals surface area contributed by atoms with Crippen LogP contribution in [0.4, 0.5) is 0 Å². The second-order valence-electron chi connectivity index (χ2n) is 5.19. The van der Waals surface area contributed by atoms with Crippen molar-refractivity contribution in [1.29, 1.82) is 0 Å². The highest BCUT2D eigenvalue weighted by Crippen LogP contribution is 2.26. The fourth-order valence-electron chi connectivity index (χ4n) is 2.42. The van der Waals surface area contributed by atoms with E-state index in [4.69, 9.17) is 23.2 Å². The van der Waals surface area contributed by atoms with Crippen molar-refractivity contribution in [3.8, 4) is 5.69 Å². The molecule has 2 aromatic rings. The van der Waals surface area contributed by atoms with Crippen LogP contribution in [0.3, 0.4) is 0 Å². The van der Waals surface area contributed by atoms with E-state index >= 15 is 0 Å². The zero-order chi connectivity index (χ0) is 15.2. The molecule has 1 heterocycles. The first kappa shape index (κ1) is 16.4. The van der Waals surface area contributed by atoms with Crippen molar-refractivity contribution in [1.82, 2.24) is 9.47 Å². The Labute approximate surface area is 137 Å². The molecule has 21 heavy (non-hydrogen) atoms. The maximum absolute atomic E-state index is 6.33. The van der Waals surface area contributed by atoms with Gasteiger partial charge in [-0.15, -0.1) is 0 Å². The van der Waals surface area contributed by atoms with Gasteiger partial charge in [-0.25, -0.2) is 0 Å². The third kappa shape index (κ3) is 4.26. The molecule has 0 radical (unpaired) electrons. The molecule has 0 spiro atoms. The number of unbranched alkanes of at least 4 members (excludes halogenated alkanes) is 1. The molecule has 0 saturated heterocycles. The largest absolute Gasteiger partial charge is 0.318 e. The number of hydrogen-bond acceptors (Lipinski definition) is 1. The zero-order valence-corrected chi connectivity index (χ0v) is 14.2. The first-order valence-electron chi connectivity index (χ1n) is 7.49. The molecule has 0 saturated carbocycles. The van der Waals surface area contributed by atoms with Crippen LogP contribution in [0.5, 0.6) is 0 Å². The summed E-state index contributed by atoms with van der Waals surface area (Å²) in [5.74, 6) is 0. The first-order valence-corrected chi connectivity index (χ1v) is 8.25. The maximum atomic E-state index is 6.33. The molecule has 2 nitrogen and oxygen atoms in total. The lowest BCUT2D eigenvalue weighted by Gasteiger charge is -2.21. The van der Waals surface area contributed by atoms with E-state index in [1.54, 1.807) is 6.07 Å². The summed E-state index contributed by atoms with van der Waals surface area (Å²) in [4.78, 5) is 2.46. The van der Waals surface area contributed by atoms with Crippen molar-refractivity contribution in [3.05, 3.63) is 52.3 Å². The van der Waals surface area contributed by atoms with E-state index in [-0.39, 0.29) is 0 Å². The summed E-state index contributed by atoms with van der Waals surface area (Å²) >= 11 is 12.3. The minimum atomic E-state index is 0.663. The van der Waals surface area contributed by atoms with E-state index in [0.717, 1.165) is 25.3 Å². The van der Waals surface area contributed by atoms with Crippen LogP contribution in [0.25, 0.3) is 5.69 Å². The van der Waals surface area contributed by atoms with Gasteiger partial charge in [0, 0.05) is 23.5 Å². The average molecular weight is 325 g/mol. The van der Waals surface area contributed by atoms with Gasteiger partial charge < -0.3 is 4.57 Å². The molecular formula is C17H22Cl2N2. The minimum absolute atomic E-state index is 0.663. The standard InChI is InChI=1S/C17H22Cl2N2/c1-3-5-10-20(4-2)13-15-7-6-11-21(15)17-9-8-14(18)12-16(17)19/h6-9,11-12H,3-5,10,13H2,1-2H3. The van der Waals surface area contributed by atoms with E-state index in [1.807, 2.05) is 12.1 Å². The van der Waals surface area contributed by atoms with Crippen LogP contribution in [-0.4, -0.2) is 22.6 Å². The molecular weight excluding hydrogens is 303 g/mol. The number of nitrogens with zero attached hydrogens (tertiary/aromatic N) is 2. The minimum Gasteiger partial charge on any atom is -0.318 e. The maximum Gasteiger partial charge on any atom is 0.0661 e. The van der Waals surface area contributed by atoms with Crippen molar-refractivity contribution in [2.75, 3.05) is 13.1 Å². The van der Waals surface area contributed by atoms with Crippen molar-refractivity contribution in [2.45, 2.75) is 33.2 Å². The van der Waals surface area contributed by atoms with Crippen LogP contribution in [0.1, 0.15) is 32.4 Å². The van der Waals surface area contributed by atoms with Crippen molar-refractivity contribution < 1.29 is 0 Å². The Morgan fingerprint density at radius 3 is 2.62 bits per heavy atom. The molecule has 1 aromatic carbocycles. The number of aromatic nitrogens is 1. The molecule has 4 heteroatoms. The Bertz CT molecular complexity index is 578. The second-order valence-corrected chi connectivity index (χ2v) is 6.03. The summed E-state index contributed by atoms with van der Waals surface area (Å²) in [6.07, 6.45) is 4.51. The van der Waals surface area contributed by atoms with E-state index in [0.29, 0.717) is 10.0 Å². The van der Waals surface area contributed by atoms with E-state index < -0.39 is 0 Å². The van der Waals surface area contributed by atoms with Gasteiger partial charge in [0.1, 0.15) is 0 Å². The molecule has 0 aliphatic heterocycles. The fourth-order valence-corrected chi connectivity index (χ4v) is 2.92. The van der Waals surface area contributed by atoms with E-state index in [2.05, 4.69) is 41.6 Å². The predicted molar refractivity (Wildman–Crippen MR) is 91.6 cm³/mol. The molecule has 0 fully saturated rings. The van der Waals surface area contributed by atoms with Gasteiger partial charge in [-0.2, -0.15) is 0 Å². The van der Waals surface area contributed by atoms with E-state index in [1.165, 1.54) is 18.5 Å². The van der Waals surface area contributed by atoms with Crippen LogP contribution in [0, 0.1) is 0 Å². The Balaban J connectivity index is 2.21. The van der Waals surface area contributed by atoms with Crippen molar-refractivity contribution in [2.24, 2.45) is 0 Å². The van der Waals surface area contributed by atoms with Gasteiger partial charge in [0.05, 0.1) is 10.7 Å². The first-order chi connectivity index (χ1) is 10.2. The highest BCUT2D eigenvalue weighted by Gasteiger charge is 2.10. The molecule has 0 aliphatic carbocycles. The number of hydrogen-bond donors (Lipinski definition) is 0. The third-order valence-corrected chi connectivity index (χ3v) is 4.20. The zero-order valence-electron chi connectivity index (χ0n) is 12.6. The summed E-state index contributed by atoms with van der Waals surface area (Å²) in [6, 6.07) is 9.85. The third-order valence-electron chi connectivity index (χ3n) is 3.66. The molecule has 114 valence electrons. The molecule has 0 bridgehead atoms. The Morgan fingerprint density at radius 2 is 1.95 bits per heavy atom. The predicted octanol–water partition coefficient (Wildman–Crippen LogP) is 5.41. The molecule has 0 amide bonds. The van der Waals surface area contributed by atoms with Gasteiger partial charge >= 0.3 is 0 Å². The summed E-state index contributed by atoms with van der Waals surface area (Å²) in [5, 5.41) is 1.34. The molecule has 2 rings (SSSR count). The van der Waals surface area contributed by atoms with Crippen LogP contribution in [0.2, 0.25) is 10.0 Å². The SMILES string of the molecule is CCCCN(CC)Cc1cccn1-c1ccc(Cl)cc1Cl. The lowest BCUT2D eigenvalue weighted by atomic mass is 10.2. The summed E-state index contributed by atoms with van der Waals surface area (Å²) in [5.41, 5.74) is 2.23. The Kier molecular flexibility index (Phi) is 6.16. The van der Waals surface area contributed by atoms with Crippen LogP contribution in [-0.2, 0) is 6.54 Å². The lowest BCUT2D eigenvalue weighted by Crippen LogP contribution is -2.25. The van der Waals surface area contributed by atoms with Crippen LogP contribution >= 0.6 is 23.2 Å². The van der Waals surface area contributed by atoms with Gasteiger partial charge in [0.15, 0.2) is 0 Å². The number of rotatable bonds is 7. The summed E-state index contributed by atoms with van der Waals surface area (Å²) in [6.45, 7) is 7.55. The van der Waals surface area contributed by atoms with Crippen LogP contribution < -0.4 is 0 Å². The van der Waals surface area contributed by atoms with Gasteiger partial charge in [-0.05, 0) is 49.8 Å². The van der Waals surface area contributed by atoms with Gasteiger partial charge in [-0.1, -0.05) is 43.5 Å². The second kappa shape index (κ2) is 7.88. The topological polar surface area (TPSA) is 8.17 Å². The Hall–Kier alpha value is -0.960. The highest BCUT2D eigenvalue weighted by atomic mass is 35.5. The van der Waals surface area contributed by atoms with Crippen LogP contribution in [0.15, 0.2) is 36.5 Å². The quantitative estimate of drug-likeness (QED) is 0.661. The number of halogens is 2. The van der Waals surface area contributed by atoms with Crippen molar-refractivity contribution in [3.63, 3.8) is 0 Å². The van der Waals surface area contributed by atoms with Gasteiger partial charge in [-0.3, -0.25) is 4.90 Å². The molecule has 0 aliphatic rings. The van der Waals surface area contributed by atoms with Gasteiger partial charge in [0.25, 0.3) is 0 Å². The lowest BCUT2D eigenvalue weighted by molar-refractivity contribution is 0.271. The Morgan fingerprint density at radius 1 is 1.14 bits per heavy atom. The molecule has 1 aromatic heterocycles. The smallest absolute Gasteiger partial charge is 0.0661 e. The monoisotopic (exact) mass is 324 g/mol. The average Bonchev–Trinajstić information content (AvgIpc) is 2.91. The molecule has 0 unspecified atom stereocenters. The fraction of sp³-hybridized carbons (Fsp3) is 0.412. The molecule has 0 atom stereocenters. The number of benzene rings is 1. The van der Waals surface area contributed by atoms with E-state index in [9.17, 15) is 0 Å². The van der Waals surface area contributed by atoms with Gasteiger partial charge in [0.2, 0.25) is 0 Å². The normalized spacial score (nSPS) is 11.3. The summed E-state index contributed by atoms with van der Waals surface area (Å²) in [7, 11) is 0.